The number of carbonyl (C=O) groups excluding carboxylic acids is 1. The predicted octanol–water partition coefficient (Wildman–Crippen LogP) is 2.34. The van der Waals surface area contributed by atoms with Crippen molar-refractivity contribution in [2.24, 2.45) is 10.7 Å². The van der Waals surface area contributed by atoms with Gasteiger partial charge in [0.25, 0.3) is 0 Å². The van der Waals surface area contributed by atoms with Crippen molar-refractivity contribution in [2.75, 3.05) is 19.7 Å². The van der Waals surface area contributed by atoms with E-state index in [1.165, 1.54) is 9.75 Å². The van der Waals surface area contributed by atoms with Gasteiger partial charge < -0.3 is 20.7 Å². The molecular formula is C16H26N4O2S. The van der Waals surface area contributed by atoms with Crippen LogP contribution in [0, 0.1) is 0 Å². The number of ether oxygens (including phenoxy) is 1. The summed E-state index contributed by atoms with van der Waals surface area (Å²) in [4.78, 5) is 20.4. The summed E-state index contributed by atoms with van der Waals surface area (Å²) in [7, 11) is 0. The molecule has 1 aliphatic rings. The number of hydrogen-bond donors (Lipinski definition) is 2. The van der Waals surface area contributed by atoms with Crippen molar-refractivity contribution in [3.63, 3.8) is 0 Å². The summed E-state index contributed by atoms with van der Waals surface area (Å²) < 4.78 is 5.02. The summed E-state index contributed by atoms with van der Waals surface area (Å²) in [6.45, 7) is 6.38. The lowest BCUT2D eigenvalue weighted by molar-refractivity contribution is 0.0963. The van der Waals surface area contributed by atoms with Gasteiger partial charge in [0.05, 0.1) is 13.2 Å². The minimum Gasteiger partial charge on any atom is -0.450 e. The Kier molecular flexibility index (Phi) is 6.70. The van der Waals surface area contributed by atoms with Crippen molar-refractivity contribution in [1.29, 1.82) is 0 Å². The lowest BCUT2D eigenvalue weighted by atomic mass is 10.1. The number of hydrogen-bond acceptors (Lipinski definition) is 4. The first kappa shape index (κ1) is 17.6. The molecule has 3 N–H and O–H groups in total. The SMILES string of the molecule is CCOC(=O)N1CCC(NC(N)=NCc2ccc(CC)s2)CC1. The van der Waals surface area contributed by atoms with Gasteiger partial charge >= 0.3 is 6.09 Å². The van der Waals surface area contributed by atoms with E-state index in [2.05, 4.69) is 29.4 Å². The number of likely N-dealkylation sites (tertiary alicyclic amines) is 1. The normalized spacial score (nSPS) is 16.4. The second-order valence-corrected chi connectivity index (χ2v) is 6.78. The lowest BCUT2D eigenvalue weighted by Crippen LogP contribution is -2.48. The monoisotopic (exact) mass is 338 g/mol. The van der Waals surface area contributed by atoms with E-state index in [-0.39, 0.29) is 12.1 Å². The van der Waals surface area contributed by atoms with Crippen LogP contribution in [-0.4, -0.2) is 42.7 Å². The Hall–Kier alpha value is -1.76. The van der Waals surface area contributed by atoms with Gasteiger partial charge in [0, 0.05) is 28.9 Å². The van der Waals surface area contributed by atoms with E-state index in [0.717, 1.165) is 19.3 Å². The summed E-state index contributed by atoms with van der Waals surface area (Å²) in [6.07, 6.45) is 2.54. The van der Waals surface area contributed by atoms with Crippen LogP contribution in [0.15, 0.2) is 17.1 Å². The minimum atomic E-state index is -0.225. The van der Waals surface area contributed by atoms with Crippen LogP contribution in [0.25, 0.3) is 0 Å². The van der Waals surface area contributed by atoms with Crippen molar-refractivity contribution in [1.82, 2.24) is 10.2 Å². The van der Waals surface area contributed by atoms with Crippen molar-refractivity contribution < 1.29 is 9.53 Å². The van der Waals surface area contributed by atoms with Crippen molar-refractivity contribution >= 4 is 23.4 Å². The first-order chi connectivity index (χ1) is 11.1. The van der Waals surface area contributed by atoms with E-state index in [1.54, 1.807) is 16.2 Å². The van der Waals surface area contributed by atoms with Crippen LogP contribution in [0.3, 0.4) is 0 Å². The highest BCUT2D eigenvalue weighted by Crippen LogP contribution is 2.17. The number of rotatable bonds is 5. The molecule has 1 aliphatic heterocycles. The second-order valence-electron chi connectivity index (χ2n) is 5.53. The summed E-state index contributed by atoms with van der Waals surface area (Å²) in [6, 6.07) is 4.52. The molecule has 0 atom stereocenters. The molecule has 1 fully saturated rings. The highest BCUT2D eigenvalue weighted by Gasteiger charge is 2.23. The quantitative estimate of drug-likeness (QED) is 0.638. The fraction of sp³-hybridized carbons (Fsp3) is 0.625. The third-order valence-electron chi connectivity index (χ3n) is 3.84. The third-order valence-corrected chi connectivity index (χ3v) is 5.06. The molecule has 2 heterocycles. The highest BCUT2D eigenvalue weighted by molar-refractivity contribution is 7.11. The topological polar surface area (TPSA) is 80.0 Å². The zero-order chi connectivity index (χ0) is 16.7. The number of amides is 1. The van der Waals surface area contributed by atoms with Crippen molar-refractivity contribution in [3.05, 3.63) is 21.9 Å². The maximum Gasteiger partial charge on any atom is 0.409 e. The largest absolute Gasteiger partial charge is 0.450 e. The van der Waals surface area contributed by atoms with Crippen LogP contribution < -0.4 is 11.1 Å². The predicted molar refractivity (Wildman–Crippen MR) is 93.8 cm³/mol. The molecule has 1 aromatic heterocycles. The Morgan fingerprint density at radius 3 is 2.70 bits per heavy atom. The second kappa shape index (κ2) is 8.76. The number of nitrogens with one attached hydrogen (secondary N) is 1. The summed E-state index contributed by atoms with van der Waals surface area (Å²) in [5.41, 5.74) is 5.97. The summed E-state index contributed by atoms with van der Waals surface area (Å²) >= 11 is 1.78. The molecule has 0 spiro atoms. The molecule has 2 rings (SSSR count). The smallest absolute Gasteiger partial charge is 0.409 e. The van der Waals surface area contributed by atoms with Gasteiger partial charge in [-0.25, -0.2) is 9.79 Å². The average Bonchev–Trinajstić information content (AvgIpc) is 3.02. The van der Waals surface area contributed by atoms with Crippen LogP contribution in [-0.2, 0) is 17.7 Å². The van der Waals surface area contributed by atoms with Gasteiger partial charge in [0.1, 0.15) is 0 Å². The van der Waals surface area contributed by atoms with Gasteiger partial charge in [0.15, 0.2) is 5.96 Å². The van der Waals surface area contributed by atoms with E-state index < -0.39 is 0 Å². The van der Waals surface area contributed by atoms with E-state index in [1.807, 2.05) is 6.92 Å². The van der Waals surface area contributed by atoms with E-state index in [9.17, 15) is 4.79 Å². The fourth-order valence-corrected chi connectivity index (χ4v) is 3.42. The van der Waals surface area contributed by atoms with Crippen LogP contribution in [0.2, 0.25) is 0 Å². The molecule has 0 aliphatic carbocycles. The zero-order valence-corrected chi connectivity index (χ0v) is 14.7. The van der Waals surface area contributed by atoms with Gasteiger partial charge in [0.2, 0.25) is 0 Å². The number of nitrogens with two attached hydrogens (primary N) is 1. The first-order valence-corrected chi connectivity index (χ1v) is 8.99. The van der Waals surface area contributed by atoms with E-state index in [4.69, 9.17) is 10.5 Å². The number of aryl methyl sites for hydroxylation is 1. The molecule has 7 heteroatoms. The Morgan fingerprint density at radius 1 is 1.39 bits per heavy atom. The number of piperidine rings is 1. The molecule has 0 aromatic carbocycles. The van der Waals surface area contributed by atoms with Crippen LogP contribution >= 0.6 is 11.3 Å². The first-order valence-electron chi connectivity index (χ1n) is 8.18. The Labute approximate surface area is 141 Å². The summed E-state index contributed by atoms with van der Waals surface area (Å²) in [5, 5.41) is 3.25. The van der Waals surface area contributed by atoms with E-state index in [0.29, 0.717) is 32.2 Å². The molecule has 128 valence electrons. The molecule has 6 nitrogen and oxygen atoms in total. The van der Waals surface area contributed by atoms with Gasteiger partial charge in [-0.1, -0.05) is 6.92 Å². The number of carbonyl (C=O) groups is 1. The molecule has 1 saturated heterocycles. The van der Waals surface area contributed by atoms with Gasteiger partial charge in [-0.15, -0.1) is 11.3 Å². The maximum atomic E-state index is 11.6. The van der Waals surface area contributed by atoms with Gasteiger partial charge in [-0.3, -0.25) is 0 Å². The van der Waals surface area contributed by atoms with Crippen molar-refractivity contribution in [2.45, 2.75) is 45.7 Å². The van der Waals surface area contributed by atoms with Gasteiger partial charge in [-0.2, -0.15) is 0 Å². The number of aliphatic imine (C=N–C) groups is 1. The van der Waals surface area contributed by atoms with Crippen LogP contribution in [0.4, 0.5) is 4.79 Å². The van der Waals surface area contributed by atoms with Crippen LogP contribution in [0.1, 0.15) is 36.4 Å². The third kappa shape index (κ3) is 5.42. The molecule has 0 bridgehead atoms. The summed E-state index contributed by atoms with van der Waals surface area (Å²) in [5.74, 6) is 0.478. The average molecular weight is 338 g/mol. The molecule has 1 amide bonds. The molecule has 1 aromatic rings. The molecule has 23 heavy (non-hydrogen) atoms. The van der Waals surface area contributed by atoms with Crippen molar-refractivity contribution in [3.8, 4) is 0 Å². The Bertz CT molecular complexity index is 536. The molecule has 0 radical (unpaired) electrons. The Balaban J connectivity index is 1.74. The van der Waals surface area contributed by atoms with Gasteiger partial charge in [-0.05, 0) is 38.3 Å². The molecular weight excluding hydrogens is 312 g/mol. The minimum absolute atomic E-state index is 0.225. The van der Waals surface area contributed by atoms with E-state index >= 15 is 0 Å². The maximum absolute atomic E-state index is 11.6. The fourth-order valence-electron chi connectivity index (χ4n) is 2.54. The number of guanidine groups is 1. The number of thiophene rings is 1. The zero-order valence-electron chi connectivity index (χ0n) is 13.9. The molecule has 0 unspecified atom stereocenters. The molecule has 0 saturated carbocycles. The number of nitrogens with zero attached hydrogens (tertiary/aromatic N) is 2. The Morgan fingerprint density at radius 2 is 2.09 bits per heavy atom. The standard InChI is InChI=1S/C16H26N4O2S/c1-3-13-5-6-14(23-13)11-18-15(17)19-12-7-9-20(10-8-12)16(21)22-4-2/h5-6,12H,3-4,7-11H2,1-2H3,(H3,17,18,19). The lowest BCUT2D eigenvalue weighted by Gasteiger charge is -2.31. The van der Waals surface area contributed by atoms with Crippen LogP contribution in [0.5, 0.6) is 0 Å². The highest BCUT2D eigenvalue weighted by atomic mass is 32.1.